The molecule has 0 atom stereocenters. The van der Waals surface area contributed by atoms with Crippen molar-refractivity contribution in [3.05, 3.63) is 22.1 Å². The molecule has 0 spiro atoms. The molecule has 1 aromatic heterocycles. The van der Waals surface area contributed by atoms with E-state index >= 15 is 0 Å². The van der Waals surface area contributed by atoms with Gasteiger partial charge >= 0.3 is 88.3 Å². The van der Waals surface area contributed by atoms with Gasteiger partial charge in [0.25, 0.3) is 0 Å². The van der Waals surface area contributed by atoms with Gasteiger partial charge in [0.05, 0.1) is 0 Å². The monoisotopic (exact) mass is 261 g/mol. The van der Waals surface area contributed by atoms with E-state index in [4.69, 9.17) is 4.74 Å². The third-order valence-corrected chi connectivity index (χ3v) is 1.93. The Morgan fingerprint density at radius 3 is 3.00 bits per heavy atom. The van der Waals surface area contributed by atoms with E-state index in [0.29, 0.717) is 16.9 Å². The molecule has 1 aromatic rings. The van der Waals surface area contributed by atoms with E-state index < -0.39 is 5.97 Å². The zero-order chi connectivity index (χ0) is 10.6. The summed E-state index contributed by atoms with van der Waals surface area (Å²) in [6.07, 6.45) is 1.32. The van der Waals surface area contributed by atoms with E-state index in [1.165, 1.54) is 6.20 Å². The number of hydrogen-bond acceptors (Lipinski definition) is 4. The van der Waals surface area contributed by atoms with Crippen molar-refractivity contribution in [2.75, 3.05) is 6.61 Å². The van der Waals surface area contributed by atoms with Crippen molar-refractivity contribution in [3.8, 4) is 0 Å². The Bertz CT molecular complexity index is 388. The number of rotatable bonds is 3. The molecule has 1 rings (SSSR count). The molecule has 0 saturated carbocycles. The van der Waals surface area contributed by atoms with Crippen molar-refractivity contribution in [2.45, 2.75) is 13.3 Å². The van der Waals surface area contributed by atoms with Crippen LogP contribution in [-0.4, -0.2) is 38.6 Å². The first-order chi connectivity index (χ1) is 6.63. The molecule has 0 aliphatic heterocycles. The predicted octanol–water partition coefficient (Wildman–Crippen LogP) is -1.33. The van der Waals surface area contributed by atoms with Crippen molar-refractivity contribution in [1.29, 1.82) is 0 Å². The fourth-order valence-electron chi connectivity index (χ4n) is 0.898. The van der Waals surface area contributed by atoms with Crippen LogP contribution in [0, 0.1) is 0 Å². The maximum atomic E-state index is 11.3. The minimum atomic E-state index is -0.423. The quantitative estimate of drug-likeness (QED) is 0.540. The van der Waals surface area contributed by atoms with Crippen LogP contribution in [0.2, 0.25) is 0 Å². The van der Waals surface area contributed by atoms with Crippen molar-refractivity contribution < 1.29 is 9.53 Å². The van der Waals surface area contributed by atoms with Crippen molar-refractivity contribution in [1.82, 2.24) is 9.97 Å². The van der Waals surface area contributed by atoms with Crippen molar-refractivity contribution in [3.63, 3.8) is 0 Å². The summed E-state index contributed by atoms with van der Waals surface area (Å²) in [7, 11) is 0. The molecule has 0 amide bonds. The van der Waals surface area contributed by atoms with Crippen LogP contribution in [0.3, 0.4) is 0 Å². The van der Waals surface area contributed by atoms with Gasteiger partial charge in [-0.1, -0.05) is 0 Å². The standard InChI is InChI=1S/C8H9N2O3Se/c1-2-13-6(11)3-5-4-9-8(14)10-7(5)12/h4H,2-3H2,1H3,(H,9,10,12). The first kappa shape index (κ1) is 10.9. The zero-order valence-electron chi connectivity index (χ0n) is 7.57. The Morgan fingerprint density at radius 2 is 2.43 bits per heavy atom. The molecule has 0 aliphatic rings. The molecule has 75 valence electrons. The molecule has 5 nitrogen and oxygen atoms in total. The SMILES string of the molecule is CCOC(=O)Cc1cnc([Se])[nH]c1=O. The van der Waals surface area contributed by atoms with Gasteiger partial charge in [0.1, 0.15) is 0 Å². The molecule has 1 heterocycles. The van der Waals surface area contributed by atoms with Gasteiger partial charge in [0, 0.05) is 0 Å². The Hall–Kier alpha value is -1.13. The first-order valence-corrected chi connectivity index (χ1v) is 4.90. The van der Waals surface area contributed by atoms with E-state index in [-0.39, 0.29) is 12.0 Å². The summed E-state index contributed by atoms with van der Waals surface area (Å²) in [5, 5.41) is 0. The van der Waals surface area contributed by atoms with Crippen LogP contribution in [0.1, 0.15) is 12.5 Å². The Morgan fingerprint density at radius 1 is 1.71 bits per heavy atom. The summed E-state index contributed by atoms with van der Waals surface area (Å²) in [6, 6.07) is 0. The molecule has 6 heteroatoms. The normalized spacial score (nSPS) is 9.79. The molecule has 0 unspecified atom stereocenters. The number of hydrogen-bond donors (Lipinski definition) is 1. The molecule has 1 N–H and O–H groups in total. The second-order valence-electron chi connectivity index (χ2n) is 2.52. The number of nitrogens with one attached hydrogen (secondary N) is 1. The van der Waals surface area contributed by atoms with Gasteiger partial charge in [-0.25, -0.2) is 0 Å². The summed E-state index contributed by atoms with van der Waals surface area (Å²) >= 11 is 2.57. The fourth-order valence-corrected chi connectivity index (χ4v) is 1.20. The van der Waals surface area contributed by atoms with Crippen LogP contribution in [0.25, 0.3) is 0 Å². The molecule has 0 saturated heterocycles. The number of H-pyrrole nitrogens is 1. The first-order valence-electron chi connectivity index (χ1n) is 4.04. The summed E-state index contributed by atoms with van der Waals surface area (Å²) in [6.45, 7) is 2.02. The van der Waals surface area contributed by atoms with Crippen LogP contribution in [0.4, 0.5) is 0 Å². The van der Waals surface area contributed by atoms with Crippen LogP contribution in [-0.2, 0) is 16.0 Å². The molecular weight excluding hydrogens is 251 g/mol. The number of aromatic nitrogens is 2. The number of aromatic amines is 1. The minimum absolute atomic E-state index is 0.0452. The Balaban J connectivity index is 2.77. The third kappa shape index (κ3) is 2.97. The van der Waals surface area contributed by atoms with Crippen LogP contribution in [0.15, 0.2) is 11.0 Å². The van der Waals surface area contributed by atoms with Crippen molar-refractivity contribution in [2.24, 2.45) is 0 Å². The van der Waals surface area contributed by atoms with E-state index in [0.717, 1.165) is 0 Å². The maximum absolute atomic E-state index is 11.3. The van der Waals surface area contributed by atoms with Gasteiger partial charge in [-0.15, -0.1) is 0 Å². The number of carbonyl (C=O) groups excluding carboxylic acids is 1. The number of nitrogens with zero attached hydrogens (tertiary/aromatic N) is 1. The van der Waals surface area contributed by atoms with Crippen molar-refractivity contribution >= 4 is 26.7 Å². The van der Waals surface area contributed by atoms with Crippen LogP contribution >= 0.6 is 0 Å². The fraction of sp³-hybridized carbons (Fsp3) is 0.375. The molecule has 14 heavy (non-hydrogen) atoms. The van der Waals surface area contributed by atoms with Gasteiger partial charge in [-0.3, -0.25) is 0 Å². The van der Waals surface area contributed by atoms with E-state index in [1.807, 2.05) is 0 Å². The Labute approximate surface area is 88.7 Å². The van der Waals surface area contributed by atoms with E-state index in [2.05, 4.69) is 26.0 Å². The van der Waals surface area contributed by atoms with E-state index in [1.54, 1.807) is 6.92 Å². The molecule has 1 radical (unpaired) electrons. The summed E-state index contributed by atoms with van der Waals surface area (Å²) < 4.78 is 5.11. The second-order valence-corrected chi connectivity index (χ2v) is 3.34. The van der Waals surface area contributed by atoms with Gasteiger partial charge in [-0.2, -0.15) is 0 Å². The Kier molecular flexibility index (Phi) is 3.85. The number of esters is 1. The second kappa shape index (κ2) is 4.93. The number of carbonyl (C=O) groups is 1. The van der Waals surface area contributed by atoms with Crippen LogP contribution in [0.5, 0.6) is 0 Å². The summed E-state index contributed by atoms with van der Waals surface area (Å²) in [4.78, 5) is 28.6. The van der Waals surface area contributed by atoms with Gasteiger partial charge in [0.15, 0.2) is 0 Å². The average molecular weight is 260 g/mol. The topological polar surface area (TPSA) is 72.0 Å². The predicted molar refractivity (Wildman–Crippen MR) is 50.6 cm³/mol. The van der Waals surface area contributed by atoms with Gasteiger partial charge in [0.2, 0.25) is 0 Å². The molecule has 0 aromatic carbocycles. The average Bonchev–Trinajstić information content (AvgIpc) is 2.10. The van der Waals surface area contributed by atoms with E-state index in [9.17, 15) is 9.59 Å². The number of ether oxygens (including phenoxy) is 1. The van der Waals surface area contributed by atoms with Gasteiger partial charge < -0.3 is 0 Å². The molecular formula is C8H9N2O3Se. The summed E-state index contributed by atoms with van der Waals surface area (Å²) in [5.41, 5.74) is -0.00995. The summed E-state index contributed by atoms with van der Waals surface area (Å²) in [5.74, 6) is -0.423. The molecule has 0 bridgehead atoms. The zero-order valence-corrected chi connectivity index (χ0v) is 9.28. The molecule has 0 fully saturated rings. The van der Waals surface area contributed by atoms with Crippen LogP contribution < -0.4 is 10.3 Å². The van der Waals surface area contributed by atoms with Gasteiger partial charge in [-0.05, 0) is 0 Å². The molecule has 0 aliphatic carbocycles. The third-order valence-electron chi connectivity index (χ3n) is 1.49.